The number of amides is 1. The first kappa shape index (κ1) is 31.6. The highest BCUT2D eigenvalue weighted by molar-refractivity contribution is 7.89. The average Bonchev–Trinajstić information content (AvgIpc) is 3.04. The molecule has 0 bridgehead atoms. The van der Waals surface area contributed by atoms with Crippen LogP contribution in [-0.4, -0.2) is 121 Å². The monoisotopic (exact) mass is 624 g/mol. The molecule has 5 rings (SSSR count). The Hall–Kier alpha value is -3.85. The molecule has 0 radical (unpaired) electrons. The Kier molecular flexibility index (Phi) is 9.93. The zero-order chi connectivity index (χ0) is 31.3. The van der Waals surface area contributed by atoms with Gasteiger partial charge in [0.05, 0.1) is 12.4 Å². The van der Waals surface area contributed by atoms with E-state index in [0.29, 0.717) is 64.0 Å². The Balaban J connectivity index is 1.22. The third kappa shape index (κ3) is 7.26. The fourth-order valence-electron chi connectivity index (χ4n) is 5.66. The van der Waals surface area contributed by atoms with Gasteiger partial charge in [-0.05, 0) is 43.3 Å². The highest BCUT2D eigenvalue weighted by atomic mass is 32.2. The van der Waals surface area contributed by atoms with E-state index in [-0.39, 0.29) is 29.9 Å². The molecule has 1 aromatic carbocycles. The molecule has 44 heavy (non-hydrogen) atoms. The van der Waals surface area contributed by atoms with E-state index < -0.39 is 10.0 Å². The zero-order valence-corrected chi connectivity index (χ0v) is 26.1. The molecule has 0 aliphatic carbocycles. The van der Waals surface area contributed by atoms with Crippen LogP contribution >= 0.6 is 0 Å². The summed E-state index contributed by atoms with van der Waals surface area (Å²) in [6.07, 6.45) is 3.05. The average molecular weight is 625 g/mol. The van der Waals surface area contributed by atoms with Crippen molar-refractivity contribution in [2.75, 3.05) is 82.0 Å². The van der Waals surface area contributed by atoms with Crippen LogP contribution in [-0.2, 0) is 26.1 Å². The maximum absolute atomic E-state index is 12.9. The molecule has 0 spiro atoms. The number of hydrogen-bond donors (Lipinski definition) is 1. The molecule has 236 valence electrons. The van der Waals surface area contributed by atoms with Crippen molar-refractivity contribution >= 4 is 44.3 Å². The molecule has 1 amide bonds. The summed E-state index contributed by atoms with van der Waals surface area (Å²) in [4.78, 5) is 40.3. The van der Waals surface area contributed by atoms with Gasteiger partial charge in [-0.15, -0.1) is 0 Å². The van der Waals surface area contributed by atoms with E-state index in [4.69, 9.17) is 9.72 Å². The van der Waals surface area contributed by atoms with Gasteiger partial charge < -0.3 is 19.9 Å². The first-order chi connectivity index (χ1) is 21.2. The molecule has 0 unspecified atom stereocenters. The number of aromatic nitrogens is 3. The number of nitrogens with one attached hydrogen (secondary N) is 1. The fraction of sp³-hybridized carbons (Fsp3) is 0.467. The Labute approximate surface area is 257 Å². The summed E-state index contributed by atoms with van der Waals surface area (Å²) in [5.41, 5.74) is 2.21. The van der Waals surface area contributed by atoms with Gasteiger partial charge in [-0.3, -0.25) is 19.1 Å². The summed E-state index contributed by atoms with van der Waals surface area (Å²) in [5, 5.41) is 4.01. The molecule has 2 aliphatic heterocycles. The Morgan fingerprint density at radius 2 is 1.82 bits per heavy atom. The normalized spacial score (nSPS) is 18.5. The van der Waals surface area contributed by atoms with Crippen molar-refractivity contribution in [3.05, 3.63) is 65.6 Å². The van der Waals surface area contributed by atoms with Crippen molar-refractivity contribution in [2.45, 2.75) is 19.5 Å². The lowest BCUT2D eigenvalue weighted by Crippen LogP contribution is -2.54. The number of sulfonamides is 1. The van der Waals surface area contributed by atoms with Crippen LogP contribution in [0.4, 0.5) is 17.3 Å². The summed E-state index contributed by atoms with van der Waals surface area (Å²) < 4.78 is 33.1. The van der Waals surface area contributed by atoms with E-state index in [9.17, 15) is 18.0 Å². The van der Waals surface area contributed by atoms with Crippen molar-refractivity contribution in [1.82, 2.24) is 28.6 Å². The van der Waals surface area contributed by atoms with Gasteiger partial charge in [0.25, 0.3) is 5.56 Å². The number of methoxy groups -OCH3 is 1. The fourth-order valence-corrected chi connectivity index (χ4v) is 7.01. The van der Waals surface area contributed by atoms with E-state index in [2.05, 4.69) is 33.6 Å². The highest BCUT2D eigenvalue weighted by Crippen LogP contribution is 2.23. The molecular weight excluding hydrogens is 584 g/mol. The van der Waals surface area contributed by atoms with Gasteiger partial charge in [0.2, 0.25) is 21.9 Å². The lowest BCUT2D eigenvalue weighted by atomic mass is 10.2. The van der Waals surface area contributed by atoms with Crippen LogP contribution in [0.25, 0.3) is 11.0 Å². The van der Waals surface area contributed by atoms with Gasteiger partial charge in [0, 0.05) is 101 Å². The second kappa shape index (κ2) is 13.8. The Bertz CT molecular complexity index is 1640. The van der Waals surface area contributed by atoms with E-state index in [1.54, 1.807) is 21.7 Å². The maximum atomic E-state index is 12.9. The largest absolute Gasteiger partial charge is 0.384 e. The zero-order valence-electron chi connectivity index (χ0n) is 25.3. The van der Waals surface area contributed by atoms with E-state index in [1.165, 1.54) is 23.6 Å². The maximum Gasteiger partial charge on any atom is 0.252 e. The van der Waals surface area contributed by atoms with Crippen LogP contribution < -0.4 is 15.8 Å². The van der Waals surface area contributed by atoms with Crippen molar-refractivity contribution < 1.29 is 17.9 Å². The van der Waals surface area contributed by atoms with E-state index >= 15 is 0 Å². The van der Waals surface area contributed by atoms with Gasteiger partial charge in [-0.1, -0.05) is 6.58 Å². The predicted molar refractivity (Wildman–Crippen MR) is 171 cm³/mol. The molecular formula is C30H40N8O5S. The molecule has 2 saturated heterocycles. The number of rotatable bonds is 11. The van der Waals surface area contributed by atoms with Gasteiger partial charge >= 0.3 is 0 Å². The van der Waals surface area contributed by atoms with Crippen molar-refractivity contribution in [1.29, 1.82) is 0 Å². The summed E-state index contributed by atoms with van der Waals surface area (Å²) in [5.74, 6) is 0.315. The third-order valence-electron chi connectivity index (χ3n) is 8.25. The number of benzene rings is 1. The molecule has 0 saturated carbocycles. The standard InChI is InChI=1S/C30H40N8O5S/c1-4-27(39)36-12-11-34(23(2)22-36)15-18-38-28(40)10-5-24-21-31-30(33-29(24)38)32-25-6-8-26(9-7-25)35-13-16-37(17-14-35)44(41,42)20-19-43-3/h4-10,21,23H,1,11-20,22H2,2-3H3,(H,31,32,33)/t23-/m0/s1. The highest BCUT2D eigenvalue weighted by Gasteiger charge is 2.27. The van der Waals surface area contributed by atoms with E-state index in [0.717, 1.165) is 23.3 Å². The lowest BCUT2D eigenvalue weighted by Gasteiger charge is -2.39. The smallest absolute Gasteiger partial charge is 0.252 e. The number of hydrogen-bond acceptors (Lipinski definition) is 10. The van der Waals surface area contributed by atoms with Crippen LogP contribution in [0.5, 0.6) is 0 Å². The van der Waals surface area contributed by atoms with Gasteiger partial charge in [0.1, 0.15) is 5.65 Å². The predicted octanol–water partition coefficient (Wildman–Crippen LogP) is 1.35. The summed E-state index contributed by atoms with van der Waals surface area (Å²) in [6.45, 7) is 11.0. The number of piperazine rings is 2. The Morgan fingerprint density at radius 3 is 2.50 bits per heavy atom. The minimum absolute atomic E-state index is 0.00700. The molecule has 1 atom stereocenters. The summed E-state index contributed by atoms with van der Waals surface area (Å²) >= 11 is 0. The molecule has 2 fully saturated rings. The summed E-state index contributed by atoms with van der Waals surface area (Å²) in [7, 11) is -1.81. The van der Waals surface area contributed by atoms with Crippen LogP contribution in [0.3, 0.4) is 0 Å². The number of pyridine rings is 1. The second-order valence-electron chi connectivity index (χ2n) is 11.0. The topological polar surface area (TPSA) is 133 Å². The molecule has 13 nitrogen and oxygen atoms in total. The quantitative estimate of drug-likeness (QED) is 0.312. The number of nitrogens with zero attached hydrogens (tertiary/aromatic N) is 7. The van der Waals surface area contributed by atoms with Gasteiger partial charge in [-0.2, -0.15) is 9.29 Å². The number of carbonyl (C=O) groups is 1. The molecule has 4 heterocycles. The number of ether oxygens (including phenoxy) is 1. The van der Waals surface area contributed by atoms with Crippen molar-refractivity contribution in [2.24, 2.45) is 0 Å². The molecule has 3 aromatic rings. The SMILES string of the molecule is C=CC(=O)N1CCN(CCn2c(=O)ccc3cnc(Nc4ccc(N5CCN(S(=O)(=O)CCOC)CC5)cc4)nc32)[C@@H](C)C1. The second-order valence-corrected chi connectivity index (χ2v) is 13.1. The van der Waals surface area contributed by atoms with Crippen molar-refractivity contribution in [3.63, 3.8) is 0 Å². The van der Waals surface area contributed by atoms with Crippen LogP contribution in [0.2, 0.25) is 0 Å². The number of fused-ring (bicyclic) bond motifs is 1. The number of anilines is 3. The first-order valence-electron chi connectivity index (χ1n) is 14.8. The number of carbonyl (C=O) groups excluding carboxylic acids is 1. The van der Waals surface area contributed by atoms with Gasteiger partial charge in [0.15, 0.2) is 0 Å². The van der Waals surface area contributed by atoms with Crippen molar-refractivity contribution in [3.8, 4) is 0 Å². The molecule has 2 aliphatic rings. The minimum atomic E-state index is -3.31. The first-order valence-corrected chi connectivity index (χ1v) is 16.4. The third-order valence-corrected chi connectivity index (χ3v) is 10.1. The minimum Gasteiger partial charge on any atom is -0.384 e. The van der Waals surface area contributed by atoms with Crippen LogP contribution in [0.15, 0.2) is 60.0 Å². The van der Waals surface area contributed by atoms with Gasteiger partial charge in [-0.25, -0.2) is 13.4 Å². The molecule has 2 aromatic heterocycles. The lowest BCUT2D eigenvalue weighted by molar-refractivity contribution is -0.128. The van der Waals surface area contributed by atoms with Crippen LogP contribution in [0.1, 0.15) is 6.92 Å². The Morgan fingerprint density at radius 1 is 1.07 bits per heavy atom. The van der Waals surface area contributed by atoms with E-state index in [1.807, 2.05) is 24.3 Å². The van der Waals surface area contributed by atoms with Crippen LogP contribution in [0, 0.1) is 0 Å². The molecule has 14 heteroatoms. The molecule has 1 N–H and O–H groups in total. The summed E-state index contributed by atoms with van der Waals surface area (Å²) in [6, 6.07) is 11.3.